The van der Waals surface area contributed by atoms with Crippen LogP contribution in [0.5, 0.6) is 0 Å². The maximum absolute atomic E-state index is 13.0. The summed E-state index contributed by atoms with van der Waals surface area (Å²) in [5.74, 6) is -1.08. The highest BCUT2D eigenvalue weighted by molar-refractivity contribution is 7.89. The summed E-state index contributed by atoms with van der Waals surface area (Å²) in [6.45, 7) is 0.339. The fourth-order valence-corrected chi connectivity index (χ4v) is 4.48. The molecule has 7 heteroatoms. The third-order valence-electron chi connectivity index (χ3n) is 4.12. The van der Waals surface area contributed by atoms with Crippen molar-refractivity contribution in [2.24, 2.45) is 0 Å². The van der Waals surface area contributed by atoms with Gasteiger partial charge >= 0.3 is 5.97 Å². The molecule has 1 fully saturated rings. The lowest BCUT2D eigenvalue weighted by Crippen LogP contribution is -2.41. The summed E-state index contributed by atoms with van der Waals surface area (Å²) in [5.41, 5.74) is 0.835. The van der Waals surface area contributed by atoms with Crippen LogP contribution in [0.25, 0.3) is 0 Å². The standard InChI is InChI=1S/C18H18FNO4S/c19-15-8-10-16(11-9-15)25(22,23)20-12-4-7-17(20)18(21)24-13-14-5-2-1-3-6-14/h1-3,5-6,8-11,17H,4,7,12-13H2. The predicted octanol–water partition coefficient (Wildman–Crippen LogP) is 2.72. The Balaban J connectivity index is 1.73. The molecule has 1 heterocycles. The minimum atomic E-state index is -3.87. The Morgan fingerprint density at radius 3 is 2.48 bits per heavy atom. The van der Waals surface area contributed by atoms with Crippen molar-refractivity contribution in [3.8, 4) is 0 Å². The van der Waals surface area contributed by atoms with E-state index in [4.69, 9.17) is 4.74 Å². The SMILES string of the molecule is O=C(OCc1ccccc1)C1CCCN1S(=O)(=O)c1ccc(F)cc1. The molecule has 1 saturated heterocycles. The second-order valence-corrected chi connectivity index (χ2v) is 7.71. The monoisotopic (exact) mass is 363 g/mol. The number of carbonyl (C=O) groups is 1. The quantitative estimate of drug-likeness (QED) is 0.767. The third-order valence-corrected chi connectivity index (χ3v) is 6.04. The highest BCUT2D eigenvalue weighted by atomic mass is 32.2. The van der Waals surface area contributed by atoms with E-state index in [1.54, 1.807) is 0 Å². The zero-order valence-electron chi connectivity index (χ0n) is 13.5. The number of sulfonamides is 1. The number of hydrogen-bond donors (Lipinski definition) is 0. The molecule has 2 aromatic carbocycles. The number of halogens is 1. The largest absolute Gasteiger partial charge is 0.460 e. The van der Waals surface area contributed by atoms with Gasteiger partial charge in [0.2, 0.25) is 10.0 Å². The van der Waals surface area contributed by atoms with E-state index in [9.17, 15) is 17.6 Å². The number of benzene rings is 2. The minimum Gasteiger partial charge on any atom is -0.460 e. The molecule has 1 aliphatic heterocycles. The summed E-state index contributed by atoms with van der Waals surface area (Å²) in [5, 5.41) is 0. The van der Waals surface area contributed by atoms with Crippen LogP contribution in [0.15, 0.2) is 59.5 Å². The molecule has 0 radical (unpaired) electrons. The van der Waals surface area contributed by atoms with Crippen molar-refractivity contribution in [1.82, 2.24) is 4.31 Å². The summed E-state index contributed by atoms with van der Waals surface area (Å²) < 4.78 is 44.9. The van der Waals surface area contributed by atoms with Crippen LogP contribution in [0.3, 0.4) is 0 Å². The van der Waals surface area contributed by atoms with Crippen LogP contribution in [0.1, 0.15) is 18.4 Å². The van der Waals surface area contributed by atoms with Crippen LogP contribution in [-0.2, 0) is 26.2 Å². The van der Waals surface area contributed by atoms with E-state index >= 15 is 0 Å². The van der Waals surface area contributed by atoms with Crippen LogP contribution in [0.2, 0.25) is 0 Å². The van der Waals surface area contributed by atoms with Crippen molar-refractivity contribution in [2.45, 2.75) is 30.4 Å². The van der Waals surface area contributed by atoms with Crippen molar-refractivity contribution < 1.29 is 22.3 Å². The second-order valence-electron chi connectivity index (χ2n) is 5.82. The zero-order valence-corrected chi connectivity index (χ0v) is 14.3. The molecular formula is C18H18FNO4S. The van der Waals surface area contributed by atoms with Gasteiger partial charge in [-0.25, -0.2) is 12.8 Å². The third kappa shape index (κ3) is 3.88. The number of hydrogen-bond acceptors (Lipinski definition) is 4. The molecule has 0 spiro atoms. The van der Waals surface area contributed by atoms with Gasteiger partial charge in [-0.05, 0) is 42.7 Å². The van der Waals surface area contributed by atoms with Crippen LogP contribution in [0.4, 0.5) is 4.39 Å². The van der Waals surface area contributed by atoms with Crippen molar-refractivity contribution in [2.75, 3.05) is 6.54 Å². The van der Waals surface area contributed by atoms with E-state index in [0.717, 1.165) is 22.0 Å². The second kappa shape index (κ2) is 7.33. The summed E-state index contributed by atoms with van der Waals surface area (Å²) >= 11 is 0. The number of rotatable bonds is 5. The summed E-state index contributed by atoms with van der Waals surface area (Å²) in [6.07, 6.45) is 0.986. The van der Waals surface area contributed by atoms with Crippen molar-refractivity contribution in [3.05, 3.63) is 66.0 Å². The van der Waals surface area contributed by atoms with Gasteiger partial charge in [-0.1, -0.05) is 30.3 Å². The average Bonchev–Trinajstić information content (AvgIpc) is 3.12. The lowest BCUT2D eigenvalue weighted by atomic mass is 10.2. The lowest BCUT2D eigenvalue weighted by molar-refractivity contribution is -0.148. The molecule has 0 aromatic heterocycles. The Bertz CT molecular complexity index is 837. The summed E-state index contributed by atoms with van der Waals surface area (Å²) in [6, 6.07) is 12.9. The number of carbonyl (C=O) groups excluding carboxylic acids is 1. The van der Waals surface area contributed by atoms with Crippen LogP contribution in [-0.4, -0.2) is 31.3 Å². The summed E-state index contributed by atoms with van der Waals surface area (Å²) in [4.78, 5) is 12.3. The number of ether oxygens (including phenoxy) is 1. The maximum atomic E-state index is 13.0. The van der Waals surface area contributed by atoms with E-state index in [0.29, 0.717) is 12.8 Å². The molecule has 0 aliphatic carbocycles. The van der Waals surface area contributed by atoms with Crippen LogP contribution in [0, 0.1) is 5.82 Å². The highest BCUT2D eigenvalue weighted by Crippen LogP contribution is 2.27. The molecule has 1 unspecified atom stereocenters. The first-order valence-corrected chi connectivity index (χ1v) is 9.40. The Kier molecular flexibility index (Phi) is 5.15. The smallest absolute Gasteiger partial charge is 0.324 e. The number of nitrogens with zero attached hydrogens (tertiary/aromatic N) is 1. The molecule has 25 heavy (non-hydrogen) atoms. The van der Waals surface area contributed by atoms with Crippen molar-refractivity contribution in [3.63, 3.8) is 0 Å². The highest BCUT2D eigenvalue weighted by Gasteiger charge is 2.40. The Hall–Kier alpha value is -2.25. The Morgan fingerprint density at radius 2 is 1.80 bits per heavy atom. The molecule has 1 aliphatic rings. The fourth-order valence-electron chi connectivity index (χ4n) is 2.83. The van der Waals surface area contributed by atoms with E-state index < -0.39 is 27.9 Å². The first-order valence-electron chi connectivity index (χ1n) is 7.96. The molecule has 3 rings (SSSR count). The van der Waals surface area contributed by atoms with E-state index in [1.807, 2.05) is 30.3 Å². The number of esters is 1. The lowest BCUT2D eigenvalue weighted by Gasteiger charge is -2.22. The first kappa shape index (κ1) is 17.6. The molecule has 132 valence electrons. The topological polar surface area (TPSA) is 63.7 Å². The molecule has 0 saturated carbocycles. The van der Waals surface area contributed by atoms with Gasteiger partial charge in [0.05, 0.1) is 4.90 Å². The van der Waals surface area contributed by atoms with Crippen molar-refractivity contribution >= 4 is 16.0 Å². The molecule has 2 aromatic rings. The molecule has 0 amide bonds. The van der Waals surface area contributed by atoms with Gasteiger partial charge in [0.15, 0.2) is 0 Å². The van der Waals surface area contributed by atoms with Crippen LogP contribution >= 0.6 is 0 Å². The van der Waals surface area contributed by atoms with E-state index in [1.165, 1.54) is 12.1 Å². The van der Waals surface area contributed by atoms with Crippen molar-refractivity contribution in [1.29, 1.82) is 0 Å². The first-order chi connectivity index (χ1) is 12.0. The van der Waals surface area contributed by atoms with Gasteiger partial charge < -0.3 is 4.74 Å². The minimum absolute atomic E-state index is 0.0309. The van der Waals surface area contributed by atoms with Gasteiger partial charge in [-0.15, -0.1) is 0 Å². The van der Waals surface area contributed by atoms with Crippen LogP contribution < -0.4 is 0 Å². The van der Waals surface area contributed by atoms with E-state index in [2.05, 4.69) is 0 Å². The average molecular weight is 363 g/mol. The van der Waals surface area contributed by atoms with Gasteiger partial charge in [-0.3, -0.25) is 4.79 Å². The van der Waals surface area contributed by atoms with Gasteiger partial charge in [0.25, 0.3) is 0 Å². The maximum Gasteiger partial charge on any atom is 0.324 e. The fraction of sp³-hybridized carbons (Fsp3) is 0.278. The molecular weight excluding hydrogens is 345 g/mol. The van der Waals surface area contributed by atoms with Gasteiger partial charge in [-0.2, -0.15) is 4.31 Å². The van der Waals surface area contributed by atoms with E-state index in [-0.39, 0.29) is 18.0 Å². The molecule has 1 atom stereocenters. The Labute approximate surface area is 146 Å². The zero-order chi connectivity index (χ0) is 17.9. The molecule has 0 bridgehead atoms. The molecule has 5 nitrogen and oxygen atoms in total. The normalized spacial score (nSPS) is 18.2. The van der Waals surface area contributed by atoms with Gasteiger partial charge in [0.1, 0.15) is 18.5 Å². The van der Waals surface area contributed by atoms with Gasteiger partial charge in [0, 0.05) is 6.54 Å². The Morgan fingerprint density at radius 1 is 1.12 bits per heavy atom. The summed E-state index contributed by atoms with van der Waals surface area (Å²) in [7, 11) is -3.87. The molecule has 0 N–H and O–H groups in total. The predicted molar refractivity (Wildman–Crippen MR) is 89.6 cm³/mol.